The highest BCUT2D eigenvalue weighted by Crippen LogP contribution is 2.28. The molecule has 1 saturated carbocycles. The predicted octanol–water partition coefficient (Wildman–Crippen LogP) is 2.88. The number of hydrogen-bond donors (Lipinski definition) is 2. The molecule has 0 saturated heterocycles. The van der Waals surface area contributed by atoms with Crippen LogP contribution in [0.2, 0.25) is 0 Å². The minimum absolute atomic E-state index is 0.0841. The highest BCUT2D eigenvalue weighted by atomic mass is 32.1. The van der Waals surface area contributed by atoms with Crippen molar-refractivity contribution in [3.05, 3.63) is 4.88 Å². The Morgan fingerprint density at radius 3 is 2.86 bits per heavy atom. The van der Waals surface area contributed by atoms with E-state index in [2.05, 4.69) is 17.2 Å². The second-order valence-electron chi connectivity index (χ2n) is 5.83. The summed E-state index contributed by atoms with van der Waals surface area (Å²) in [6.07, 6.45) is 7.42. The molecule has 1 aliphatic rings. The third kappa shape index (κ3) is 4.33. The van der Waals surface area contributed by atoms with E-state index in [0.717, 1.165) is 37.0 Å². The summed E-state index contributed by atoms with van der Waals surface area (Å²) >= 11 is 1.38. The second-order valence-corrected chi connectivity index (χ2v) is 6.80. The van der Waals surface area contributed by atoms with Crippen LogP contribution < -0.4 is 16.0 Å². The standard InChI is InChI=1S/C15H26N4OS/c1-3-10-19(2)15-18-13(16)12(21-15)14(20)17-9-8-11-6-4-5-7-11/h11H,3-10,16H2,1-2H3,(H,17,20). The SMILES string of the molecule is CCCN(C)c1nc(N)c(C(=O)NCCC2CCCC2)s1. The average molecular weight is 310 g/mol. The van der Waals surface area contributed by atoms with Crippen LogP contribution in [0, 0.1) is 5.92 Å². The third-order valence-electron chi connectivity index (χ3n) is 4.05. The zero-order chi connectivity index (χ0) is 15.2. The van der Waals surface area contributed by atoms with Crippen LogP contribution in [0.5, 0.6) is 0 Å². The lowest BCUT2D eigenvalue weighted by atomic mass is 10.0. The molecule has 1 fully saturated rings. The van der Waals surface area contributed by atoms with E-state index in [1.165, 1.54) is 37.0 Å². The van der Waals surface area contributed by atoms with Gasteiger partial charge in [-0.25, -0.2) is 4.98 Å². The molecule has 3 N–H and O–H groups in total. The Kier molecular flexibility index (Phi) is 5.85. The molecule has 118 valence electrons. The van der Waals surface area contributed by atoms with Crippen LogP contribution in [-0.2, 0) is 0 Å². The van der Waals surface area contributed by atoms with E-state index in [9.17, 15) is 4.79 Å². The molecule has 0 aliphatic heterocycles. The highest BCUT2D eigenvalue weighted by molar-refractivity contribution is 7.18. The van der Waals surface area contributed by atoms with Gasteiger partial charge in [-0.1, -0.05) is 43.9 Å². The van der Waals surface area contributed by atoms with Gasteiger partial charge in [-0.2, -0.15) is 0 Å². The minimum atomic E-state index is -0.0841. The van der Waals surface area contributed by atoms with Gasteiger partial charge in [0.05, 0.1) is 0 Å². The molecule has 6 heteroatoms. The molecule has 0 unspecified atom stereocenters. The van der Waals surface area contributed by atoms with Crippen molar-refractivity contribution in [3.8, 4) is 0 Å². The summed E-state index contributed by atoms with van der Waals surface area (Å²) in [6, 6.07) is 0. The molecule has 0 spiro atoms. The van der Waals surface area contributed by atoms with Gasteiger partial charge in [0.15, 0.2) is 5.13 Å². The predicted molar refractivity (Wildman–Crippen MR) is 89.0 cm³/mol. The Hall–Kier alpha value is -1.30. The van der Waals surface area contributed by atoms with Crippen LogP contribution in [0.25, 0.3) is 0 Å². The molecule has 0 radical (unpaired) electrons. The number of amides is 1. The Labute approximate surface area is 130 Å². The fraction of sp³-hybridized carbons (Fsp3) is 0.733. The van der Waals surface area contributed by atoms with Crippen LogP contribution in [0.4, 0.5) is 10.9 Å². The topological polar surface area (TPSA) is 71.2 Å². The van der Waals surface area contributed by atoms with Gasteiger partial charge in [0, 0.05) is 20.1 Å². The van der Waals surface area contributed by atoms with Gasteiger partial charge in [0.1, 0.15) is 10.7 Å². The molecular formula is C15H26N4OS. The number of carbonyl (C=O) groups excluding carboxylic acids is 1. The largest absolute Gasteiger partial charge is 0.382 e. The van der Waals surface area contributed by atoms with Crippen LogP contribution in [0.3, 0.4) is 0 Å². The average Bonchev–Trinajstić information content (AvgIpc) is 3.08. The highest BCUT2D eigenvalue weighted by Gasteiger charge is 2.19. The Bertz CT molecular complexity index is 468. The maximum atomic E-state index is 12.2. The summed E-state index contributed by atoms with van der Waals surface area (Å²) in [5, 5.41) is 3.80. The van der Waals surface area contributed by atoms with Crippen molar-refractivity contribution in [1.29, 1.82) is 0 Å². The van der Waals surface area contributed by atoms with Gasteiger partial charge >= 0.3 is 0 Å². The number of nitrogens with zero attached hydrogens (tertiary/aromatic N) is 2. The van der Waals surface area contributed by atoms with Crippen molar-refractivity contribution in [2.75, 3.05) is 30.8 Å². The van der Waals surface area contributed by atoms with E-state index >= 15 is 0 Å². The summed E-state index contributed by atoms with van der Waals surface area (Å²) in [5.74, 6) is 1.05. The summed E-state index contributed by atoms with van der Waals surface area (Å²) in [7, 11) is 1.98. The Balaban J connectivity index is 1.86. The van der Waals surface area contributed by atoms with Crippen LogP contribution in [-0.4, -0.2) is 31.0 Å². The molecule has 2 rings (SSSR count). The molecule has 1 aromatic rings. The third-order valence-corrected chi connectivity index (χ3v) is 5.23. The van der Waals surface area contributed by atoms with Crippen LogP contribution >= 0.6 is 11.3 Å². The first kappa shape index (κ1) is 16.1. The Morgan fingerprint density at radius 1 is 1.48 bits per heavy atom. The number of rotatable bonds is 7. The molecular weight excluding hydrogens is 284 g/mol. The van der Waals surface area contributed by atoms with Gasteiger partial charge in [-0.3, -0.25) is 4.79 Å². The number of hydrogen-bond acceptors (Lipinski definition) is 5. The van der Waals surface area contributed by atoms with Gasteiger partial charge in [-0.15, -0.1) is 0 Å². The maximum absolute atomic E-state index is 12.2. The molecule has 1 heterocycles. The van der Waals surface area contributed by atoms with Gasteiger partial charge in [0.25, 0.3) is 5.91 Å². The summed E-state index contributed by atoms with van der Waals surface area (Å²) < 4.78 is 0. The number of nitrogens with two attached hydrogens (primary N) is 1. The van der Waals surface area contributed by atoms with Crippen LogP contribution in [0.15, 0.2) is 0 Å². The van der Waals surface area contributed by atoms with E-state index < -0.39 is 0 Å². The minimum Gasteiger partial charge on any atom is -0.382 e. The fourth-order valence-corrected chi connectivity index (χ4v) is 3.74. The van der Waals surface area contributed by atoms with Crippen molar-refractivity contribution in [3.63, 3.8) is 0 Å². The number of carbonyl (C=O) groups is 1. The molecule has 0 atom stereocenters. The number of aromatic nitrogens is 1. The first-order valence-corrected chi connectivity index (χ1v) is 8.69. The van der Waals surface area contributed by atoms with Gasteiger partial charge < -0.3 is 16.0 Å². The molecule has 5 nitrogen and oxygen atoms in total. The fourth-order valence-electron chi connectivity index (χ4n) is 2.85. The number of anilines is 2. The molecule has 21 heavy (non-hydrogen) atoms. The summed E-state index contributed by atoms with van der Waals surface area (Å²) in [4.78, 5) is 19.1. The van der Waals surface area contributed by atoms with E-state index in [4.69, 9.17) is 5.73 Å². The first-order valence-electron chi connectivity index (χ1n) is 7.87. The quantitative estimate of drug-likeness (QED) is 0.812. The first-order chi connectivity index (χ1) is 10.1. The van der Waals surface area contributed by atoms with E-state index in [1.54, 1.807) is 0 Å². The molecule has 1 amide bonds. The summed E-state index contributed by atoms with van der Waals surface area (Å²) in [6.45, 7) is 3.76. The monoisotopic (exact) mass is 310 g/mol. The van der Waals surface area contributed by atoms with Gasteiger partial charge in [0.2, 0.25) is 0 Å². The Morgan fingerprint density at radius 2 is 2.19 bits per heavy atom. The van der Waals surface area contributed by atoms with E-state index in [-0.39, 0.29) is 5.91 Å². The van der Waals surface area contributed by atoms with E-state index in [1.807, 2.05) is 11.9 Å². The molecule has 0 bridgehead atoms. The van der Waals surface area contributed by atoms with Crippen molar-refractivity contribution in [2.45, 2.75) is 45.4 Å². The molecule has 1 aromatic heterocycles. The lowest BCUT2D eigenvalue weighted by molar-refractivity contribution is 0.0956. The zero-order valence-corrected chi connectivity index (χ0v) is 13.8. The number of nitrogen functional groups attached to an aromatic ring is 1. The zero-order valence-electron chi connectivity index (χ0n) is 13.0. The van der Waals surface area contributed by atoms with Crippen molar-refractivity contribution in [2.24, 2.45) is 5.92 Å². The smallest absolute Gasteiger partial charge is 0.265 e. The lowest BCUT2D eigenvalue weighted by Gasteiger charge is -2.13. The molecule has 1 aliphatic carbocycles. The van der Waals surface area contributed by atoms with Gasteiger partial charge in [-0.05, 0) is 18.8 Å². The number of thiazole rings is 1. The molecule has 0 aromatic carbocycles. The normalized spacial score (nSPS) is 15.3. The number of nitrogens with one attached hydrogen (secondary N) is 1. The van der Waals surface area contributed by atoms with Crippen molar-refractivity contribution in [1.82, 2.24) is 10.3 Å². The van der Waals surface area contributed by atoms with E-state index in [0.29, 0.717) is 10.7 Å². The lowest BCUT2D eigenvalue weighted by Crippen LogP contribution is -2.25. The van der Waals surface area contributed by atoms with Crippen molar-refractivity contribution >= 4 is 28.2 Å². The van der Waals surface area contributed by atoms with Crippen molar-refractivity contribution < 1.29 is 4.79 Å². The second kappa shape index (κ2) is 7.64. The summed E-state index contributed by atoms with van der Waals surface area (Å²) in [5.41, 5.74) is 5.88. The maximum Gasteiger partial charge on any atom is 0.265 e. The van der Waals surface area contributed by atoms with Crippen LogP contribution in [0.1, 0.15) is 55.1 Å².